The standard InChI is InChI=1S/C17H22N4O2S.ClH/c1-11-9-18-8-7-14(11)20-17(22)13-5-3-4-6-15(13)24-10-16-19-12(2)21-23-16;/h3-6,11,14,18H,7-10H2,1-2H3,(H,20,22);1H. The van der Waals surface area contributed by atoms with E-state index in [1.807, 2.05) is 24.3 Å². The zero-order valence-corrected chi connectivity index (χ0v) is 16.0. The van der Waals surface area contributed by atoms with Crippen molar-refractivity contribution in [3.8, 4) is 0 Å². The van der Waals surface area contributed by atoms with Crippen molar-refractivity contribution in [1.82, 2.24) is 20.8 Å². The van der Waals surface area contributed by atoms with Crippen LogP contribution in [0.2, 0.25) is 0 Å². The molecule has 2 N–H and O–H groups in total. The molecule has 1 aromatic carbocycles. The zero-order valence-electron chi connectivity index (χ0n) is 14.3. The highest BCUT2D eigenvalue weighted by Crippen LogP contribution is 2.26. The second kappa shape index (κ2) is 9.22. The summed E-state index contributed by atoms with van der Waals surface area (Å²) >= 11 is 1.54. The van der Waals surface area contributed by atoms with E-state index < -0.39 is 0 Å². The molecule has 0 bridgehead atoms. The maximum absolute atomic E-state index is 12.7. The van der Waals surface area contributed by atoms with E-state index in [0.717, 1.165) is 24.4 Å². The van der Waals surface area contributed by atoms with Crippen LogP contribution in [0.1, 0.15) is 35.4 Å². The molecule has 2 atom stereocenters. The van der Waals surface area contributed by atoms with Gasteiger partial charge in [-0.05, 0) is 44.5 Å². The van der Waals surface area contributed by atoms with Crippen molar-refractivity contribution in [3.63, 3.8) is 0 Å². The van der Waals surface area contributed by atoms with Gasteiger partial charge in [-0.2, -0.15) is 4.98 Å². The van der Waals surface area contributed by atoms with Crippen molar-refractivity contribution in [1.29, 1.82) is 0 Å². The van der Waals surface area contributed by atoms with Crippen molar-refractivity contribution >= 4 is 30.1 Å². The number of carbonyl (C=O) groups is 1. The summed E-state index contributed by atoms with van der Waals surface area (Å²) in [6, 6.07) is 7.86. The predicted octanol–water partition coefficient (Wildman–Crippen LogP) is 2.82. The minimum absolute atomic E-state index is 0. The fourth-order valence-electron chi connectivity index (χ4n) is 2.79. The molecule has 136 valence electrons. The van der Waals surface area contributed by atoms with Gasteiger partial charge in [0, 0.05) is 10.9 Å². The Hall–Kier alpha value is -1.57. The van der Waals surface area contributed by atoms with Crippen LogP contribution in [0.5, 0.6) is 0 Å². The van der Waals surface area contributed by atoms with E-state index in [9.17, 15) is 4.79 Å². The van der Waals surface area contributed by atoms with Crippen molar-refractivity contribution in [3.05, 3.63) is 41.5 Å². The quantitative estimate of drug-likeness (QED) is 0.774. The minimum Gasteiger partial charge on any atom is -0.349 e. The second-order valence-electron chi connectivity index (χ2n) is 6.07. The molecule has 1 amide bonds. The van der Waals surface area contributed by atoms with E-state index >= 15 is 0 Å². The summed E-state index contributed by atoms with van der Waals surface area (Å²) in [7, 11) is 0. The molecule has 3 rings (SSSR count). The molecule has 1 aliphatic heterocycles. The van der Waals surface area contributed by atoms with E-state index in [-0.39, 0.29) is 24.4 Å². The average Bonchev–Trinajstić information content (AvgIpc) is 3.01. The summed E-state index contributed by atoms with van der Waals surface area (Å²) in [5.41, 5.74) is 0.699. The Kier molecular flexibility index (Phi) is 7.28. The number of nitrogens with zero attached hydrogens (tertiary/aromatic N) is 2. The van der Waals surface area contributed by atoms with Crippen LogP contribution in [0, 0.1) is 12.8 Å². The highest BCUT2D eigenvalue weighted by molar-refractivity contribution is 7.98. The van der Waals surface area contributed by atoms with Crippen LogP contribution in [-0.2, 0) is 5.75 Å². The summed E-state index contributed by atoms with van der Waals surface area (Å²) in [5, 5.41) is 10.3. The van der Waals surface area contributed by atoms with Crippen LogP contribution in [-0.4, -0.2) is 35.2 Å². The second-order valence-corrected chi connectivity index (χ2v) is 7.09. The first-order chi connectivity index (χ1) is 11.6. The predicted molar refractivity (Wildman–Crippen MR) is 100 cm³/mol. The summed E-state index contributed by atoms with van der Waals surface area (Å²) in [6.07, 6.45) is 0.962. The monoisotopic (exact) mass is 382 g/mol. The SMILES string of the molecule is Cc1noc(CSc2ccccc2C(=O)NC2CCNCC2C)n1.Cl. The molecule has 1 fully saturated rings. The number of hydrogen-bond acceptors (Lipinski definition) is 6. The fraction of sp³-hybridized carbons (Fsp3) is 0.471. The van der Waals surface area contributed by atoms with Gasteiger partial charge in [0.15, 0.2) is 5.82 Å². The molecule has 6 nitrogen and oxygen atoms in total. The third-order valence-electron chi connectivity index (χ3n) is 4.15. The summed E-state index contributed by atoms with van der Waals surface area (Å²) in [5.74, 6) is 2.16. The number of thioether (sulfide) groups is 1. The highest BCUT2D eigenvalue weighted by Gasteiger charge is 2.24. The summed E-state index contributed by atoms with van der Waals surface area (Å²) in [6.45, 7) is 5.84. The van der Waals surface area contributed by atoms with E-state index in [4.69, 9.17) is 4.52 Å². The molecular weight excluding hydrogens is 360 g/mol. The van der Waals surface area contributed by atoms with Gasteiger partial charge < -0.3 is 15.2 Å². The zero-order chi connectivity index (χ0) is 16.9. The van der Waals surface area contributed by atoms with Gasteiger partial charge in [0.2, 0.25) is 5.89 Å². The van der Waals surface area contributed by atoms with Gasteiger partial charge in [-0.1, -0.05) is 24.2 Å². The number of halogens is 1. The molecule has 0 radical (unpaired) electrons. The number of nitrogens with one attached hydrogen (secondary N) is 2. The van der Waals surface area contributed by atoms with E-state index in [0.29, 0.717) is 28.9 Å². The lowest BCUT2D eigenvalue weighted by Gasteiger charge is -2.30. The van der Waals surface area contributed by atoms with E-state index in [2.05, 4.69) is 27.7 Å². The normalized spacial score (nSPS) is 19.9. The number of aromatic nitrogens is 2. The number of benzene rings is 1. The third kappa shape index (κ3) is 5.20. The molecule has 1 aliphatic rings. The molecule has 1 aromatic heterocycles. The lowest BCUT2D eigenvalue weighted by atomic mass is 9.95. The van der Waals surface area contributed by atoms with Gasteiger partial charge in [0.1, 0.15) is 0 Å². The Bertz CT molecular complexity index is 709. The average molecular weight is 383 g/mol. The smallest absolute Gasteiger partial charge is 0.252 e. The van der Waals surface area contributed by atoms with Crippen molar-refractivity contribution < 1.29 is 9.32 Å². The lowest BCUT2D eigenvalue weighted by Crippen LogP contribution is -2.48. The minimum atomic E-state index is -0.0152. The van der Waals surface area contributed by atoms with Gasteiger partial charge in [-0.25, -0.2) is 0 Å². The van der Waals surface area contributed by atoms with Crippen LogP contribution < -0.4 is 10.6 Å². The molecular formula is C17H23ClN4O2S. The van der Waals surface area contributed by atoms with Crippen LogP contribution >= 0.6 is 24.2 Å². The first-order valence-corrected chi connectivity index (χ1v) is 9.14. The Morgan fingerprint density at radius 2 is 2.24 bits per heavy atom. The van der Waals surface area contributed by atoms with Gasteiger partial charge >= 0.3 is 0 Å². The Morgan fingerprint density at radius 3 is 2.96 bits per heavy atom. The number of carbonyl (C=O) groups excluding carboxylic acids is 1. The largest absolute Gasteiger partial charge is 0.349 e. The molecule has 2 aromatic rings. The first-order valence-electron chi connectivity index (χ1n) is 8.16. The summed E-state index contributed by atoms with van der Waals surface area (Å²) < 4.78 is 5.13. The topological polar surface area (TPSA) is 80.0 Å². The number of aryl methyl sites for hydroxylation is 1. The highest BCUT2D eigenvalue weighted by atomic mass is 35.5. The van der Waals surface area contributed by atoms with E-state index in [1.165, 1.54) is 11.8 Å². The number of hydrogen-bond donors (Lipinski definition) is 2. The van der Waals surface area contributed by atoms with Crippen molar-refractivity contribution in [2.75, 3.05) is 13.1 Å². The molecule has 2 unspecified atom stereocenters. The first kappa shape index (κ1) is 19.8. The molecule has 2 heterocycles. The lowest BCUT2D eigenvalue weighted by molar-refractivity contribution is 0.0911. The molecule has 25 heavy (non-hydrogen) atoms. The number of amides is 1. The van der Waals surface area contributed by atoms with Crippen LogP contribution in [0.3, 0.4) is 0 Å². The Labute approximate surface area is 157 Å². The van der Waals surface area contributed by atoms with Crippen LogP contribution in [0.4, 0.5) is 0 Å². The maximum atomic E-state index is 12.7. The Balaban J connectivity index is 0.00000225. The van der Waals surface area contributed by atoms with Crippen molar-refractivity contribution in [2.45, 2.75) is 37.0 Å². The maximum Gasteiger partial charge on any atom is 0.252 e. The van der Waals surface area contributed by atoms with Gasteiger partial charge in [0.25, 0.3) is 5.91 Å². The molecule has 0 aliphatic carbocycles. The third-order valence-corrected chi connectivity index (χ3v) is 5.21. The molecule has 0 saturated carbocycles. The van der Waals surface area contributed by atoms with Gasteiger partial charge in [0.05, 0.1) is 11.3 Å². The summed E-state index contributed by atoms with van der Waals surface area (Å²) in [4.78, 5) is 17.8. The fourth-order valence-corrected chi connectivity index (χ4v) is 3.68. The van der Waals surface area contributed by atoms with Gasteiger partial charge in [-0.3, -0.25) is 4.79 Å². The van der Waals surface area contributed by atoms with Crippen LogP contribution in [0.15, 0.2) is 33.7 Å². The molecule has 0 spiro atoms. The molecule has 1 saturated heterocycles. The Morgan fingerprint density at radius 1 is 1.44 bits per heavy atom. The van der Waals surface area contributed by atoms with Gasteiger partial charge in [-0.15, -0.1) is 24.2 Å². The van der Waals surface area contributed by atoms with E-state index in [1.54, 1.807) is 6.92 Å². The number of piperidine rings is 1. The molecule has 8 heteroatoms. The van der Waals surface area contributed by atoms with Crippen molar-refractivity contribution in [2.24, 2.45) is 5.92 Å². The van der Waals surface area contributed by atoms with Crippen LogP contribution in [0.25, 0.3) is 0 Å². The number of rotatable bonds is 5.